The molecule has 0 aromatic rings. The van der Waals surface area contributed by atoms with E-state index >= 15 is 0 Å². The molecule has 0 radical (unpaired) electrons. The Morgan fingerprint density at radius 2 is 1.32 bits per heavy atom. The molecular weight excluding hydrogens is 230 g/mol. The smallest absolute Gasteiger partial charge is 0.00438 e. The van der Waals surface area contributed by atoms with Crippen LogP contribution in [0.15, 0.2) is 0 Å². The summed E-state index contributed by atoms with van der Waals surface area (Å²) in [6, 6.07) is 0. The molecule has 1 nitrogen and oxygen atoms in total. The van der Waals surface area contributed by atoms with Gasteiger partial charge in [0.1, 0.15) is 0 Å². The van der Waals surface area contributed by atoms with E-state index in [0.29, 0.717) is 5.41 Å². The van der Waals surface area contributed by atoms with Gasteiger partial charge in [-0.3, -0.25) is 0 Å². The fourth-order valence-electron chi connectivity index (χ4n) is 3.05. The normalized spacial score (nSPS) is 14.5. The Labute approximate surface area is 122 Å². The highest BCUT2D eigenvalue weighted by Crippen LogP contribution is 2.33. The van der Waals surface area contributed by atoms with Crippen LogP contribution in [0.1, 0.15) is 98.3 Å². The molecule has 1 heteroatoms. The van der Waals surface area contributed by atoms with E-state index in [1.807, 2.05) is 0 Å². The number of rotatable bonds is 14. The zero-order valence-electron chi connectivity index (χ0n) is 14.2. The summed E-state index contributed by atoms with van der Waals surface area (Å²) in [6.45, 7) is 11.6. The van der Waals surface area contributed by atoms with Crippen LogP contribution in [0.4, 0.5) is 0 Å². The first kappa shape index (κ1) is 19.0. The molecule has 19 heavy (non-hydrogen) atoms. The lowest BCUT2D eigenvalue weighted by molar-refractivity contribution is 0.235. The van der Waals surface area contributed by atoms with Gasteiger partial charge in [-0.25, -0.2) is 0 Å². The Morgan fingerprint density at radius 1 is 0.684 bits per heavy atom. The third-order valence-corrected chi connectivity index (χ3v) is 4.39. The minimum Gasteiger partial charge on any atom is -0.317 e. The molecule has 0 aromatic carbocycles. The van der Waals surface area contributed by atoms with Crippen molar-refractivity contribution in [3.63, 3.8) is 0 Å². The second-order valence-electron chi connectivity index (χ2n) is 6.54. The third kappa shape index (κ3) is 11.5. The molecule has 0 bridgehead atoms. The summed E-state index contributed by atoms with van der Waals surface area (Å²) in [5.74, 6) is 0. The minimum atomic E-state index is 0.584. The molecule has 0 saturated carbocycles. The van der Waals surface area contributed by atoms with Crippen molar-refractivity contribution in [3.05, 3.63) is 0 Å². The predicted molar refractivity (Wildman–Crippen MR) is 88.8 cm³/mol. The maximum absolute atomic E-state index is 3.49. The van der Waals surface area contributed by atoms with Crippen LogP contribution in [-0.4, -0.2) is 13.1 Å². The van der Waals surface area contributed by atoms with Crippen molar-refractivity contribution in [1.82, 2.24) is 5.32 Å². The van der Waals surface area contributed by atoms with Crippen LogP contribution in [-0.2, 0) is 0 Å². The van der Waals surface area contributed by atoms with Gasteiger partial charge in [0.25, 0.3) is 0 Å². The van der Waals surface area contributed by atoms with Crippen molar-refractivity contribution in [1.29, 1.82) is 0 Å². The average Bonchev–Trinajstić information content (AvgIpc) is 2.38. The van der Waals surface area contributed by atoms with Gasteiger partial charge in [-0.1, -0.05) is 79.1 Å². The Morgan fingerprint density at radius 3 is 1.89 bits per heavy atom. The van der Waals surface area contributed by atoms with E-state index in [9.17, 15) is 0 Å². The van der Waals surface area contributed by atoms with Gasteiger partial charge in [0, 0.05) is 0 Å². The summed E-state index contributed by atoms with van der Waals surface area (Å²) in [5, 5.41) is 3.49. The van der Waals surface area contributed by atoms with Crippen LogP contribution >= 0.6 is 0 Å². The summed E-state index contributed by atoms with van der Waals surface area (Å²) in [5.41, 5.74) is 0.584. The number of nitrogens with one attached hydrogen (secondary N) is 1. The Balaban J connectivity index is 3.68. The van der Waals surface area contributed by atoms with Crippen LogP contribution in [0.2, 0.25) is 0 Å². The highest BCUT2D eigenvalue weighted by molar-refractivity contribution is 4.75. The largest absolute Gasteiger partial charge is 0.317 e. The highest BCUT2D eigenvalue weighted by Gasteiger charge is 2.21. The van der Waals surface area contributed by atoms with E-state index in [0.717, 1.165) is 6.54 Å². The monoisotopic (exact) mass is 269 g/mol. The van der Waals surface area contributed by atoms with Gasteiger partial charge in [0.05, 0.1) is 0 Å². The first-order valence-electron chi connectivity index (χ1n) is 8.89. The molecule has 0 aliphatic rings. The standard InChI is InChI=1S/C18H39N/c1-5-8-9-10-11-12-13-15-18(4,14-6-2)16-17-19-7-3/h19H,5-17H2,1-4H3. The van der Waals surface area contributed by atoms with E-state index in [1.165, 1.54) is 77.2 Å². The number of hydrogen-bond acceptors (Lipinski definition) is 1. The minimum absolute atomic E-state index is 0.584. The first-order valence-corrected chi connectivity index (χ1v) is 8.89. The van der Waals surface area contributed by atoms with Gasteiger partial charge in [-0.05, 0) is 37.8 Å². The van der Waals surface area contributed by atoms with Crippen molar-refractivity contribution in [2.45, 2.75) is 98.3 Å². The summed E-state index contributed by atoms with van der Waals surface area (Å²) in [7, 11) is 0. The van der Waals surface area contributed by atoms with Crippen molar-refractivity contribution in [3.8, 4) is 0 Å². The quantitative estimate of drug-likeness (QED) is 0.385. The second-order valence-corrected chi connectivity index (χ2v) is 6.54. The van der Waals surface area contributed by atoms with Gasteiger partial charge in [-0.15, -0.1) is 0 Å². The molecule has 0 rings (SSSR count). The number of unbranched alkanes of at least 4 members (excludes halogenated alkanes) is 6. The fraction of sp³-hybridized carbons (Fsp3) is 1.00. The average molecular weight is 270 g/mol. The lowest BCUT2D eigenvalue weighted by atomic mass is 9.77. The van der Waals surface area contributed by atoms with Crippen LogP contribution in [0, 0.1) is 5.41 Å². The van der Waals surface area contributed by atoms with Gasteiger partial charge in [-0.2, -0.15) is 0 Å². The lowest BCUT2D eigenvalue weighted by Gasteiger charge is -2.29. The van der Waals surface area contributed by atoms with E-state index in [1.54, 1.807) is 0 Å². The highest BCUT2D eigenvalue weighted by atomic mass is 14.8. The summed E-state index contributed by atoms with van der Waals surface area (Å²) in [4.78, 5) is 0. The predicted octanol–water partition coefficient (Wildman–Crippen LogP) is 5.93. The lowest BCUT2D eigenvalue weighted by Crippen LogP contribution is -2.24. The molecule has 0 saturated heterocycles. The molecule has 1 N–H and O–H groups in total. The SMILES string of the molecule is CCCCCCCCCC(C)(CCC)CCNCC. The third-order valence-electron chi connectivity index (χ3n) is 4.39. The zero-order chi connectivity index (χ0) is 14.4. The number of hydrogen-bond donors (Lipinski definition) is 1. The Hall–Kier alpha value is -0.0400. The van der Waals surface area contributed by atoms with Crippen molar-refractivity contribution >= 4 is 0 Å². The topological polar surface area (TPSA) is 12.0 Å². The van der Waals surface area contributed by atoms with Gasteiger partial charge in [0.2, 0.25) is 0 Å². The van der Waals surface area contributed by atoms with Gasteiger partial charge < -0.3 is 5.32 Å². The summed E-state index contributed by atoms with van der Waals surface area (Å²) >= 11 is 0. The zero-order valence-corrected chi connectivity index (χ0v) is 14.2. The van der Waals surface area contributed by atoms with Gasteiger partial charge >= 0.3 is 0 Å². The molecular formula is C18H39N. The van der Waals surface area contributed by atoms with E-state index in [2.05, 4.69) is 33.0 Å². The first-order chi connectivity index (χ1) is 9.18. The molecule has 0 heterocycles. The Kier molecular flexibility index (Phi) is 12.9. The molecule has 0 aliphatic heterocycles. The van der Waals surface area contributed by atoms with Crippen molar-refractivity contribution in [2.24, 2.45) is 5.41 Å². The molecule has 1 unspecified atom stereocenters. The maximum atomic E-state index is 3.49. The summed E-state index contributed by atoms with van der Waals surface area (Å²) in [6.07, 6.45) is 15.5. The molecule has 0 amide bonds. The summed E-state index contributed by atoms with van der Waals surface area (Å²) < 4.78 is 0. The van der Waals surface area contributed by atoms with Crippen LogP contribution in [0.5, 0.6) is 0 Å². The molecule has 116 valence electrons. The molecule has 0 aromatic heterocycles. The van der Waals surface area contributed by atoms with Crippen LogP contribution in [0.3, 0.4) is 0 Å². The van der Waals surface area contributed by atoms with Crippen molar-refractivity contribution < 1.29 is 0 Å². The molecule has 0 fully saturated rings. The van der Waals surface area contributed by atoms with E-state index in [4.69, 9.17) is 0 Å². The second kappa shape index (κ2) is 13.0. The van der Waals surface area contributed by atoms with Gasteiger partial charge in [0.15, 0.2) is 0 Å². The fourth-order valence-corrected chi connectivity index (χ4v) is 3.05. The molecule has 0 aliphatic carbocycles. The van der Waals surface area contributed by atoms with Crippen LogP contribution in [0.25, 0.3) is 0 Å². The van der Waals surface area contributed by atoms with Crippen LogP contribution < -0.4 is 5.32 Å². The van der Waals surface area contributed by atoms with E-state index < -0.39 is 0 Å². The maximum Gasteiger partial charge on any atom is -0.00438 e. The Bertz CT molecular complexity index is 179. The van der Waals surface area contributed by atoms with E-state index in [-0.39, 0.29) is 0 Å². The molecule has 1 atom stereocenters. The molecule has 0 spiro atoms. The van der Waals surface area contributed by atoms with Crippen molar-refractivity contribution in [2.75, 3.05) is 13.1 Å².